The normalized spacial score (nSPS) is 11.1. The van der Waals surface area contributed by atoms with Crippen LogP contribution in [0.1, 0.15) is 24.0 Å². The summed E-state index contributed by atoms with van der Waals surface area (Å²) in [7, 11) is 0. The third-order valence-corrected chi connectivity index (χ3v) is 3.95. The van der Waals surface area contributed by atoms with Gasteiger partial charge in [-0.3, -0.25) is 9.59 Å². The lowest BCUT2D eigenvalue weighted by molar-refractivity contribution is -0.138. The smallest absolute Gasteiger partial charge is 0.310 e. The maximum Gasteiger partial charge on any atom is 0.310 e. The van der Waals surface area contributed by atoms with Gasteiger partial charge < -0.3 is 10.2 Å². The average Bonchev–Trinajstić information content (AvgIpc) is 2.46. The lowest BCUT2D eigenvalue weighted by atomic mass is 10.0. The molecule has 2 aromatic rings. The Morgan fingerprint density at radius 1 is 1.00 bits per heavy atom. The van der Waals surface area contributed by atoms with Crippen LogP contribution >= 0.6 is 31.9 Å². The third kappa shape index (κ3) is 7.43. The number of carboxylic acid groups (broad SMARTS) is 2. The Bertz CT molecular complexity index is 686. The predicted octanol–water partition coefficient (Wildman–Crippen LogP) is 4.71. The fourth-order valence-corrected chi connectivity index (χ4v) is 2.60. The van der Waals surface area contributed by atoms with Gasteiger partial charge in [-0.2, -0.15) is 0 Å². The van der Waals surface area contributed by atoms with Crippen molar-refractivity contribution in [2.45, 2.75) is 19.3 Å². The summed E-state index contributed by atoms with van der Waals surface area (Å²) in [4.78, 5) is 20.9. The first-order valence-electron chi connectivity index (χ1n) is 6.74. The minimum atomic E-state index is -0.803. The van der Waals surface area contributed by atoms with E-state index in [1.54, 1.807) is 19.1 Å². The lowest BCUT2D eigenvalue weighted by Crippen LogP contribution is -2.06. The minimum Gasteiger partial charge on any atom is -0.481 e. The molecule has 2 rings (SSSR count). The van der Waals surface area contributed by atoms with Crippen molar-refractivity contribution in [2.75, 3.05) is 0 Å². The molecule has 0 aromatic heterocycles. The quantitative estimate of drug-likeness (QED) is 0.717. The van der Waals surface area contributed by atoms with E-state index in [9.17, 15) is 9.59 Å². The Balaban J connectivity index is 0.000000231. The number of carboxylic acids is 2. The second-order valence-electron chi connectivity index (χ2n) is 4.82. The summed E-state index contributed by atoms with van der Waals surface area (Å²) < 4.78 is 1.82. The molecule has 0 bridgehead atoms. The van der Waals surface area contributed by atoms with Crippen LogP contribution in [-0.2, 0) is 16.0 Å². The van der Waals surface area contributed by atoms with Gasteiger partial charge in [0, 0.05) is 8.95 Å². The highest BCUT2D eigenvalue weighted by molar-refractivity contribution is 9.10. The van der Waals surface area contributed by atoms with Gasteiger partial charge in [-0.15, -0.1) is 0 Å². The monoisotopic (exact) mass is 442 g/mol. The average molecular weight is 444 g/mol. The number of halogens is 2. The number of hydrogen-bond donors (Lipinski definition) is 2. The molecule has 0 aliphatic rings. The third-order valence-electron chi connectivity index (χ3n) is 2.96. The molecule has 23 heavy (non-hydrogen) atoms. The summed E-state index contributed by atoms with van der Waals surface area (Å²) in [6.07, 6.45) is 0.0828. The van der Waals surface area contributed by atoms with E-state index in [1.807, 2.05) is 36.4 Å². The van der Waals surface area contributed by atoms with E-state index < -0.39 is 17.9 Å². The van der Waals surface area contributed by atoms with Crippen molar-refractivity contribution < 1.29 is 19.8 Å². The van der Waals surface area contributed by atoms with Gasteiger partial charge in [0.25, 0.3) is 0 Å². The van der Waals surface area contributed by atoms with Crippen LogP contribution < -0.4 is 0 Å². The molecule has 0 fully saturated rings. The zero-order valence-electron chi connectivity index (χ0n) is 12.4. The molecule has 0 radical (unpaired) electrons. The standard InChI is InChI=1S/C9H9BrO2.C8H7BrO2/c1-6(9(11)12)7-3-2-4-8(10)5-7;9-7-3-1-2-6(4-7)5-8(10)11/h2-6H,1H3,(H,11,12);1-4H,5H2,(H,10,11). The summed E-state index contributed by atoms with van der Waals surface area (Å²) in [5.74, 6) is -2.04. The van der Waals surface area contributed by atoms with Crippen molar-refractivity contribution in [1.29, 1.82) is 0 Å². The van der Waals surface area contributed by atoms with Crippen LogP contribution in [0.3, 0.4) is 0 Å². The van der Waals surface area contributed by atoms with E-state index in [0.29, 0.717) is 0 Å². The number of aliphatic carboxylic acids is 2. The van der Waals surface area contributed by atoms with Gasteiger partial charge in [-0.1, -0.05) is 56.1 Å². The Kier molecular flexibility index (Phi) is 7.98. The van der Waals surface area contributed by atoms with Crippen LogP contribution in [0.2, 0.25) is 0 Å². The van der Waals surface area contributed by atoms with Gasteiger partial charge in [0.05, 0.1) is 12.3 Å². The largest absolute Gasteiger partial charge is 0.481 e. The van der Waals surface area contributed by atoms with Gasteiger partial charge >= 0.3 is 11.9 Å². The summed E-state index contributed by atoms with van der Waals surface area (Å²) in [5, 5.41) is 17.2. The number of benzene rings is 2. The molecule has 2 N–H and O–H groups in total. The molecular formula is C17H16Br2O4. The van der Waals surface area contributed by atoms with Crippen LogP contribution in [0.5, 0.6) is 0 Å². The molecule has 122 valence electrons. The first-order chi connectivity index (χ1) is 10.8. The van der Waals surface area contributed by atoms with Crippen molar-refractivity contribution in [2.24, 2.45) is 0 Å². The molecule has 0 saturated carbocycles. The number of carbonyl (C=O) groups is 2. The topological polar surface area (TPSA) is 74.6 Å². The highest BCUT2D eigenvalue weighted by Gasteiger charge is 2.12. The summed E-state index contributed by atoms with van der Waals surface area (Å²) in [6, 6.07) is 14.6. The molecule has 0 aliphatic heterocycles. The van der Waals surface area contributed by atoms with Crippen molar-refractivity contribution in [3.63, 3.8) is 0 Å². The van der Waals surface area contributed by atoms with Crippen molar-refractivity contribution >= 4 is 43.8 Å². The summed E-state index contributed by atoms with van der Waals surface area (Å²) in [6.45, 7) is 1.67. The highest BCUT2D eigenvalue weighted by atomic mass is 79.9. The first-order valence-corrected chi connectivity index (χ1v) is 8.32. The molecule has 0 heterocycles. The molecule has 2 aromatic carbocycles. The van der Waals surface area contributed by atoms with Gasteiger partial charge in [-0.05, 0) is 42.3 Å². The molecule has 4 nitrogen and oxygen atoms in total. The number of rotatable bonds is 4. The summed E-state index contributed by atoms with van der Waals surface area (Å²) in [5.41, 5.74) is 1.63. The Hall–Kier alpha value is -1.66. The van der Waals surface area contributed by atoms with E-state index in [1.165, 1.54) is 0 Å². The SMILES string of the molecule is CC(C(=O)O)c1cccc(Br)c1.O=C(O)Cc1cccc(Br)c1. The molecule has 6 heteroatoms. The first kappa shape index (κ1) is 19.4. The van der Waals surface area contributed by atoms with E-state index >= 15 is 0 Å². The Labute approximate surface area is 151 Å². The van der Waals surface area contributed by atoms with Crippen LogP contribution in [0.25, 0.3) is 0 Å². The van der Waals surface area contributed by atoms with Crippen molar-refractivity contribution in [3.05, 3.63) is 68.6 Å². The zero-order chi connectivity index (χ0) is 17.4. The molecule has 1 unspecified atom stereocenters. The molecule has 0 spiro atoms. The van der Waals surface area contributed by atoms with Crippen molar-refractivity contribution in [3.8, 4) is 0 Å². The van der Waals surface area contributed by atoms with Crippen molar-refractivity contribution in [1.82, 2.24) is 0 Å². The van der Waals surface area contributed by atoms with Gasteiger partial charge in [0.2, 0.25) is 0 Å². The van der Waals surface area contributed by atoms with E-state index in [4.69, 9.17) is 10.2 Å². The van der Waals surface area contributed by atoms with Crippen LogP contribution in [-0.4, -0.2) is 22.2 Å². The fraction of sp³-hybridized carbons (Fsp3) is 0.176. The number of hydrogen-bond acceptors (Lipinski definition) is 2. The second-order valence-corrected chi connectivity index (χ2v) is 6.65. The van der Waals surface area contributed by atoms with Gasteiger partial charge in [0.15, 0.2) is 0 Å². The molecule has 0 saturated heterocycles. The predicted molar refractivity (Wildman–Crippen MR) is 95.7 cm³/mol. The second kappa shape index (κ2) is 9.47. The van der Waals surface area contributed by atoms with E-state index in [2.05, 4.69) is 31.9 Å². The maximum absolute atomic E-state index is 10.6. The zero-order valence-corrected chi connectivity index (χ0v) is 15.5. The molecule has 0 aliphatic carbocycles. The molecule has 0 amide bonds. The van der Waals surface area contributed by atoms with E-state index in [0.717, 1.165) is 20.1 Å². The minimum absolute atomic E-state index is 0.0828. The fourth-order valence-electron chi connectivity index (χ4n) is 1.74. The Morgan fingerprint density at radius 2 is 1.57 bits per heavy atom. The highest BCUT2D eigenvalue weighted by Crippen LogP contribution is 2.19. The van der Waals surface area contributed by atoms with Gasteiger partial charge in [0.1, 0.15) is 0 Å². The van der Waals surface area contributed by atoms with Gasteiger partial charge in [-0.25, -0.2) is 0 Å². The van der Waals surface area contributed by atoms with Crippen LogP contribution in [0, 0.1) is 0 Å². The van der Waals surface area contributed by atoms with Crippen LogP contribution in [0.15, 0.2) is 57.5 Å². The molecule has 1 atom stereocenters. The van der Waals surface area contributed by atoms with Crippen LogP contribution in [0.4, 0.5) is 0 Å². The lowest BCUT2D eigenvalue weighted by Gasteiger charge is -2.05. The van der Waals surface area contributed by atoms with E-state index in [-0.39, 0.29) is 6.42 Å². The molecular weight excluding hydrogens is 428 g/mol. The summed E-state index contributed by atoms with van der Waals surface area (Å²) >= 11 is 6.55. The Morgan fingerprint density at radius 3 is 2.04 bits per heavy atom. The maximum atomic E-state index is 10.6.